The minimum absolute atomic E-state index is 0.109. The first-order valence-corrected chi connectivity index (χ1v) is 10.6. The molecule has 0 unspecified atom stereocenters. The molecule has 2 aliphatic rings. The molecule has 1 saturated carbocycles. The highest BCUT2D eigenvalue weighted by Gasteiger charge is 2.27. The van der Waals surface area contributed by atoms with Crippen molar-refractivity contribution in [2.45, 2.75) is 38.1 Å². The topological polar surface area (TPSA) is 35.9 Å². The van der Waals surface area contributed by atoms with Gasteiger partial charge in [-0.25, -0.2) is 4.99 Å². The standard InChI is InChI=1S/C24H26ClN3O/c1-27(19-11-7-4-8-12-19)16-21-24(29)28(2)22-14-13-18(25)15-20(22)23(26-21)17-9-5-3-6-10-17/h3,5-6,9-10,13-16,19H,4,7-8,11-12H2,1-2H3. The number of aliphatic imine (C=N–C) groups is 1. The summed E-state index contributed by atoms with van der Waals surface area (Å²) in [5.74, 6) is -0.109. The van der Waals surface area contributed by atoms with Crippen LogP contribution in [0.15, 0.2) is 65.4 Å². The Kier molecular flexibility index (Phi) is 5.72. The van der Waals surface area contributed by atoms with E-state index in [9.17, 15) is 4.79 Å². The van der Waals surface area contributed by atoms with Crippen molar-refractivity contribution < 1.29 is 4.79 Å². The zero-order valence-electron chi connectivity index (χ0n) is 16.9. The molecule has 2 aromatic carbocycles. The van der Waals surface area contributed by atoms with Gasteiger partial charge < -0.3 is 9.80 Å². The maximum Gasteiger partial charge on any atom is 0.278 e. The van der Waals surface area contributed by atoms with Crippen LogP contribution in [0.2, 0.25) is 5.02 Å². The summed E-state index contributed by atoms with van der Waals surface area (Å²) in [5.41, 5.74) is 3.86. The van der Waals surface area contributed by atoms with Gasteiger partial charge in [0.05, 0.1) is 11.4 Å². The van der Waals surface area contributed by atoms with Crippen molar-refractivity contribution in [2.75, 3.05) is 19.0 Å². The lowest BCUT2D eigenvalue weighted by Crippen LogP contribution is -2.32. The van der Waals surface area contributed by atoms with E-state index in [1.807, 2.05) is 54.7 Å². The lowest BCUT2D eigenvalue weighted by molar-refractivity contribution is -0.114. The third-order valence-electron chi connectivity index (χ3n) is 5.85. The number of amides is 1. The molecule has 0 spiro atoms. The number of carbonyl (C=O) groups excluding carboxylic acids is 1. The van der Waals surface area contributed by atoms with Crippen molar-refractivity contribution in [3.05, 3.63) is 76.6 Å². The minimum Gasteiger partial charge on any atom is -0.376 e. The molecule has 1 fully saturated rings. The second-order valence-corrected chi connectivity index (χ2v) is 8.26. The van der Waals surface area contributed by atoms with Crippen LogP contribution in [0.3, 0.4) is 0 Å². The molecule has 1 aliphatic carbocycles. The molecule has 5 heteroatoms. The molecule has 1 heterocycles. The van der Waals surface area contributed by atoms with Gasteiger partial charge in [0, 0.05) is 42.5 Å². The molecule has 1 amide bonds. The summed E-state index contributed by atoms with van der Waals surface area (Å²) in [6.07, 6.45) is 8.04. The highest BCUT2D eigenvalue weighted by molar-refractivity contribution is 6.32. The van der Waals surface area contributed by atoms with Crippen molar-refractivity contribution in [1.29, 1.82) is 0 Å². The molecular weight excluding hydrogens is 382 g/mol. The lowest BCUT2D eigenvalue weighted by Gasteiger charge is -2.30. The van der Waals surface area contributed by atoms with Crippen LogP contribution in [0.5, 0.6) is 0 Å². The summed E-state index contributed by atoms with van der Waals surface area (Å²) < 4.78 is 0. The van der Waals surface area contributed by atoms with E-state index in [2.05, 4.69) is 11.9 Å². The number of hydrogen-bond acceptors (Lipinski definition) is 3. The van der Waals surface area contributed by atoms with Gasteiger partial charge >= 0.3 is 0 Å². The van der Waals surface area contributed by atoms with Crippen LogP contribution in [0.1, 0.15) is 43.2 Å². The van der Waals surface area contributed by atoms with Crippen molar-refractivity contribution in [2.24, 2.45) is 4.99 Å². The maximum atomic E-state index is 13.3. The predicted octanol–water partition coefficient (Wildman–Crippen LogP) is 5.26. The summed E-state index contributed by atoms with van der Waals surface area (Å²) in [5, 5.41) is 0.625. The first-order valence-electron chi connectivity index (χ1n) is 10.2. The molecule has 4 rings (SSSR count). The first kappa shape index (κ1) is 19.7. The zero-order chi connectivity index (χ0) is 20.4. The summed E-state index contributed by atoms with van der Waals surface area (Å²) in [6, 6.07) is 16.0. The molecule has 1 aliphatic heterocycles. The van der Waals surface area contributed by atoms with Gasteiger partial charge in [-0.1, -0.05) is 61.2 Å². The number of rotatable bonds is 3. The van der Waals surface area contributed by atoms with E-state index in [0.717, 1.165) is 35.4 Å². The van der Waals surface area contributed by atoms with E-state index in [0.29, 0.717) is 16.8 Å². The van der Waals surface area contributed by atoms with Gasteiger partial charge in [0.25, 0.3) is 5.91 Å². The quantitative estimate of drug-likeness (QED) is 0.650. The molecule has 0 bridgehead atoms. The smallest absolute Gasteiger partial charge is 0.278 e. The molecule has 0 N–H and O–H groups in total. The fraction of sp³-hybridized carbons (Fsp3) is 0.333. The molecule has 0 aromatic heterocycles. The second kappa shape index (κ2) is 8.42. The van der Waals surface area contributed by atoms with Crippen molar-refractivity contribution in [3.8, 4) is 0 Å². The monoisotopic (exact) mass is 407 g/mol. The van der Waals surface area contributed by atoms with Crippen LogP contribution in [-0.4, -0.2) is 36.7 Å². The average Bonchev–Trinajstić information content (AvgIpc) is 2.85. The number of likely N-dealkylation sites (N-methyl/N-ethyl adjacent to an activating group) is 1. The SMILES string of the molecule is CN1C(=O)C(=CN(C)C2CCCCC2)N=C(c2ccccc2)c2cc(Cl)ccc21. The number of hydrogen-bond donors (Lipinski definition) is 0. The number of benzodiazepines with no additional fused rings is 1. The molecule has 0 radical (unpaired) electrons. The highest BCUT2D eigenvalue weighted by atomic mass is 35.5. The highest BCUT2D eigenvalue weighted by Crippen LogP contribution is 2.31. The van der Waals surface area contributed by atoms with Crippen LogP contribution in [0, 0.1) is 0 Å². The third-order valence-corrected chi connectivity index (χ3v) is 6.09. The normalized spacial score (nSPS) is 19.0. The third kappa shape index (κ3) is 4.08. The van der Waals surface area contributed by atoms with Gasteiger partial charge in [0.1, 0.15) is 5.70 Å². The Morgan fingerprint density at radius 1 is 1.10 bits per heavy atom. The number of anilines is 1. The summed E-state index contributed by atoms with van der Waals surface area (Å²) in [4.78, 5) is 22.0. The average molecular weight is 408 g/mol. The molecule has 4 nitrogen and oxygen atoms in total. The van der Waals surface area contributed by atoms with Crippen molar-refractivity contribution >= 4 is 28.9 Å². The van der Waals surface area contributed by atoms with Gasteiger partial charge in [-0.3, -0.25) is 4.79 Å². The van der Waals surface area contributed by atoms with Crippen LogP contribution < -0.4 is 4.90 Å². The van der Waals surface area contributed by atoms with Crippen LogP contribution in [0.25, 0.3) is 0 Å². The summed E-state index contributed by atoms with van der Waals surface area (Å²) in [7, 11) is 3.86. The number of carbonyl (C=O) groups is 1. The Hall–Kier alpha value is -2.59. The molecule has 150 valence electrons. The van der Waals surface area contributed by atoms with Gasteiger partial charge in [0.15, 0.2) is 0 Å². The fourth-order valence-corrected chi connectivity index (χ4v) is 4.36. The Morgan fingerprint density at radius 3 is 2.55 bits per heavy atom. The van der Waals surface area contributed by atoms with E-state index in [-0.39, 0.29) is 5.91 Å². The Bertz CT molecular complexity index is 961. The molecule has 0 saturated heterocycles. The number of benzene rings is 2. The van der Waals surface area contributed by atoms with Gasteiger partial charge in [-0.05, 0) is 31.0 Å². The molecule has 2 aromatic rings. The Balaban J connectivity index is 1.83. The predicted molar refractivity (Wildman–Crippen MR) is 120 cm³/mol. The molecule has 29 heavy (non-hydrogen) atoms. The fourth-order valence-electron chi connectivity index (χ4n) is 4.19. The van der Waals surface area contributed by atoms with Crippen LogP contribution >= 0.6 is 11.6 Å². The first-order chi connectivity index (χ1) is 14.0. The van der Waals surface area contributed by atoms with Crippen molar-refractivity contribution in [3.63, 3.8) is 0 Å². The van der Waals surface area contributed by atoms with Gasteiger partial charge in [-0.2, -0.15) is 0 Å². The van der Waals surface area contributed by atoms with Crippen LogP contribution in [-0.2, 0) is 4.79 Å². The Morgan fingerprint density at radius 2 is 1.83 bits per heavy atom. The van der Waals surface area contributed by atoms with E-state index in [1.165, 1.54) is 19.3 Å². The zero-order valence-corrected chi connectivity index (χ0v) is 17.7. The number of halogens is 1. The van der Waals surface area contributed by atoms with E-state index in [4.69, 9.17) is 16.6 Å². The maximum absolute atomic E-state index is 13.3. The van der Waals surface area contributed by atoms with E-state index < -0.39 is 0 Å². The number of nitrogens with zero attached hydrogens (tertiary/aromatic N) is 3. The van der Waals surface area contributed by atoms with Crippen molar-refractivity contribution in [1.82, 2.24) is 4.90 Å². The van der Waals surface area contributed by atoms with Crippen LogP contribution in [0.4, 0.5) is 5.69 Å². The molecular formula is C24H26ClN3O. The largest absolute Gasteiger partial charge is 0.376 e. The second-order valence-electron chi connectivity index (χ2n) is 7.82. The van der Waals surface area contributed by atoms with E-state index in [1.54, 1.807) is 11.9 Å². The van der Waals surface area contributed by atoms with E-state index >= 15 is 0 Å². The lowest BCUT2D eigenvalue weighted by atomic mass is 9.95. The Labute approximate surface area is 177 Å². The summed E-state index contributed by atoms with van der Waals surface area (Å²) >= 11 is 6.31. The van der Waals surface area contributed by atoms with Gasteiger partial charge in [-0.15, -0.1) is 0 Å². The number of fused-ring (bicyclic) bond motifs is 1. The summed E-state index contributed by atoms with van der Waals surface area (Å²) in [6.45, 7) is 0. The van der Waals surface area contributed by atoms with Gasteiger partial charge in [0.2, 0.25) is 0 Å². The molecule has 0 atom stereocenters. The minimum atomic E-state index is -0.109.